The van der Waals surface area contributed by atoms with Gasteiger partial charge in [-0.2, -0.15) is 5.10 Å². The highest BCUT2D eigenvalue weighted by Crippen LogP contribution is 2.13. The second kappa shape index (κ2) is 7.35. The van der Waals surface area contributed by atoms with Gasteiger partial charge < -0.3 is 5.32 Å². The molecule has 3 rings (SSSR count). The van der Waals surface area contributed by atoms with Crippen molar-refractivity contribution in [3.63, 3.8) is 0 Å². The lowest BCUT2D eigenvalue weighted by Gasteiger charge is -2.09. The average Bonchev–Trinajstić information content (AvgIpc) is 3.04. The summed E-state index contributed by atoms with van der Waals surface area (Å²) in [7, 11) is 0. The largest absolute Gasteiger partial charge is 0.350 e. The number of para-hydroxylation sites is 1. The van der Waals surface area contributed by atoms with E-state index in [1.807, 2.05) is 37.3 Å². The number of hydrogen-bond acceptors (Lipinski definition) is 4. The minimum atomic E-state index is -0.213. The van der Waals surface area contributed by atoms with Crippen LogP contribution in [0.5, 0.6) is 0 Å². The van der Waals surface area contributed by atoms with E-state index in [0.29, 0.717) is 24.2 Å². The Labute approximate surface area is 151 Å². The number of aromatic nitrogens is 4. The number of amides is 1. The van der Waals surface area contributed by atoms with Crippen LogP contribution in [-0.2, 0) is 6.54 Å². The van der Waals surface area contributed by atoms with E-state index >= 15 is 0 Å². The van der Waals surface area contributed by atoms with Gasteiger partial charge in [0.2, 0.25) is 0 Å². The Morgan fingerprint density at radius 1 is 1.15 bits per heavy atom. The van der Waals surface area contributed by atoms with Gasteiger partial charge in [0.15, 0.2) is 0 Å². The zero-order chi connectivity index (χ0) is 18.7. The molecule has 2 aromatic heterocycles. The van der Waals surface area contributed by atoms with Crippen LogP contribution in [0.1, 0.15) is 27.3 Å². The smallest absolute Gasteiger partial charge is 0.256 e. The summed E-state index contributed by atoms with van der Waals surface area (Å²) in [5.74, 6) is -0.213. The summed E-state index contributed by atoms with van der Waals surface area (Å²) >= 11 is 0. The summed E-state index contributed by atoms with van der Waals surface area (Å²) in [4.78, 5) is 28.8. The fourth-order valence-electron chi connectivity index (χ4n) is 2.68. The summed E-state index contributed by atoms with van der Waals surface area (Å²) < 4.78 is 3.23. The van der Waals surface area contributed by atoms with Gasteiger partial charge in [0.1, 0.15) is 0 Å². The number of carbonyl (C=O) groups excluding carboxylic acids is 1. The molecule has 0 bridgehead atoms. The van der Waals surface area contributed by atoms with Gasteiger partial charge in [-0.15, -0.1) is 0 Å². The zero-order valence-electron chi connectivity index (χ0n) is 15.1. The van der Waals surface area contributed by atoms with E-state index in [9.17, 15) is 9.59 Å². The summed E-state index contributed by atoms with van der Waals surface area (Å²) in [5, 5.41) is 7.13. The van der Waals surface area contributed by atoms with E-state index in [2.05, 4.69) is 15.4 Å². The molecule has 0 radical (unpaired) electrons. The van der Waals surface area contributed by atoms with Crippen LogP contribution in [0.4, 0.5) is 0 Å². The standard InChI is InChI=1S/C19H21N5O2/c1-13-14(2)21-12-23(19(13)26)10-9-20-18(25)17-11-22-24(15(17)3)16-7-5-4-6-8-16/h4-8,11-12H,9-10H2,1-3H3,(H,20,25). The van der Waals surface area contributed by atoms with Gasteiger partial charge in [-0.25, -0.2) is 9.67 Å². The molecule has 3 aromatic rings. The summed E-state index contributed by atoms with van der Waals surface area (Å²) in [5.41, 5.74) is 3.44. The topological polar surface area (TPSA) is 81.8 Å². The molecule has 0 aliphatic rings. The maximum atomic E-state index is 12.4. The van der Waals surface area contributed by atoms with Crippen molar-refractivity contribution in [2.75, 3.05) is 6.54 Å². The Bertz CT molecular complexity index is 989. The molecule has 0 aliphatic carbocycles. The second-order valence-corrected chi connectivity index (χ2v) is 6.10. The monoisotopic (exact) mass is 351 g/mol. The fourth-order valence-corrected chi connectivity index (χ4v) is 2.68. The summed E-state index contributed by atoms with van der Waals surface area (Å²) in [6.07, 6.45) is 3.07. The second-order valence-electron chi connectivity index (χ2n) is 6.10. The number of carbonyl (C=O) groups is 1. The predicted octanol–water partition coefficient (Wildman–Crippen LogP) is 1.78. The lowest BCUT2D eigenvalue weighted by molar-refractivity contribution is 0.0951. The first-order valence-corrected chi connectivity index (χ1v) is 8.40. The van der Waals surface area contributed by atoms with E-state index in [-0.39, 0.29) is 11.5 Å². The molecule has 0 atom stereocenters. The van der Waals surface area contributed by atoms with Crippen molar-refractivity contribution >= 4 is 5.91 Å². The van der Waals surface area contributed by atoms with Crippen molar-refractivity contribution in [1.29, 1.82) is 0 Å². The Kier molecular flexibility index (Phi) is 4.97. The predicted molar refractivity (Wildman–Crippen MR) is 98.6 cm³/mol. The third kappa shape index (κ3) is 3.42. The molecule has 0 saturated heterocycles. The third-order valence-electron chi connectivity index (χ3n) is 4.41. The molecule has 7 heteroatoms. The van der Waals surface area contributed by atoms with Crippen LogP contribution >= 0.6 is 0 Å². The number of benzene rings is 1. The van der Waals surface area contributed by atoms with Crippen LogP contribution in [0.3, 0.4) is 0 Å². The SMILES string of the molecule is Cc1ncn(CCNC(=O)c2cnn(-c3ccccc3)c2C)c(=O)c1C. The number of nitrogens with one attached hydrogen (secondary N) is 1. The van der Waals surface area contributed by atoms with E-state index in [0.717, 1.165) is 17.1 Å². The van der Waals surface area contributed by atoms with Crippen molar-refractivity contribution in [1.82, 2.24) is 24.6 Å². The van der Waals surface area contributed by atoms with Crippen LogP contribution in [0.2, 0.25) is 0 Å². The molecule has 26 heavy (non-hydrogen) atoms. The van der Waals surface area contributed by atoms with Crippen LogP contribution in [-0.4, -0.2) is 31.8 Å². The minimum absolute atomic E-state index is 0.0835. The zero-order valence-corrected chi connectivity index (χ0v) is 15.1. The van der Waals surface area contributed by atoms with E-state index < -0.39 is 0 Å². The van der Waals surface area contributed by atoms with Gasteiger partial charge in [-0.05, 0) is 32.9 Å². The first-order valence-electron chi connectivity index (χ1n) is 8.40. The van der Waals surface area contributed by atoms with Crippen molar-refractivity contribution in [2.45, 2.75) is 27.3 Å². The van der Waals surface area contributed by atoms with Gasteiger partial charge >= 0.3 is 0 Å². The minimum Gasteiger partial charge on any atom is -0.350 e. The van der Waals surface area contributed by atoms with Crippen LogP contribution in [0.25, 0.3) is 5.69 Å². The van der Waals surface area contributed by atoms with Crippen LogP contribution in [0, 0.1) is 20.8 Å². The Balaban J connectivity index is 1.67. The molecule has 0 fully saturated rings. The Morgan fingerprint density at radius 2 is 1.88 bits per heavy atom. The van der Waals surface area contributed by atoms with Crippen LogP contribution in [0.15, 0.2) is 47.7 Å². The maximum Gasteiger partial charge on any atom is 0.256 e. The molecule has 1 aromatic carbocycles. The average molecular weight is 351 g/mol. The van der Waals surface area contributed by atoms with E-state index in [1.165, 1.54) is 10.9 Å². The van der Waals surface area contributed by atoms with Gasteiger partial charge in [-0.1, -0.05) is 18.2 Å². The Hall–Kier alpha value is -3.22. The molecule has 0 spiro atoms. The highest BCUT2D eigenvalue weighted by atomic mass is 16.2. The van der Waals surface area contributed by atoms with Gasteiger partial charge in [0, 0.05) is 24.3 Å². The summed E-state index contributed by atoms with van der Waals surface area (Å²) in [6, 6.07) is 9.64. The lowest BCUT2D eigenvalue weighted by Crippen LogP contribution is -2.32. The molecule has 1 N–H and O–H groups in total. The highest BCUT2D eigenvalue weighted by Gasteiger charge is 2.14. The van der Waals surface area contributed by atoms with Crippen LogP contribution < -0.4 is 10.9 Å². The molecule has 0 unspecified atom stereocenters. The molecular formula is C19H21N5O2. The molecule has 0 saturated carbocycles. The van der Waals surface area contributed by atoms with Gasteiger partial charge in [-0.3, -0.25) is 14.2 Å². The van der Waals surface area contributed by atoms with Crippen molar-refractivity contribution in [3.8, 4) is 5.69 Å². The normalized spacial score (nSPS) is 10.7. The molecular weight excluding hydrogens is 330 g/mol. The first-order chi connectivity index (χ1) is 12.5. The van der Waals surface area contributed by atoms with Gasteiger partial charge in [0.25, 0.3) is 11.5 Å². The van der Waals surface area contributed by atoms with Gasteiger partial charge in [0.05, 0.1) is 29.5 Å². The van der Waals surface area contributed by atoms with Crippen molar-refractivity contribution in [3.05, 3.63) is 75.7 Å². The molecule has 1 amide bonds. The molecule has 2 heterocycles. The van der Waals surface area contributed by atoms with Crippen molar-refractivity contribution < 1.29 is 4.79 Å². The first kappa shape index (κ1) is 17.6. The number of aryl methyl sites for hydroxylation is 1. The third-order valence-corrected chi connectivity index (χ3v) is 4.41. The molecule has 0 aliphatic heterocycles. The highest BCUT2D eigenvalue weighted by molar-refractivity contribution is 5.95. The Morgan fingerprint density at radius 3 is 2.62 bits per heavy atom. The van der Waals surface area contributed by atoms with Crippen molar-refractivity contribution in [2.24, 2.45) is 0 Å². The molecule has 7 nitrogen and oxygen atoms in total. The number of hydrogen-bond donors (Lipinski definition) is 1. The summed E-state index contributed by atoms with van der Waals surface area (Å²) in [6.45, 7) is 6.10. The lowest BCUT2D eigenvalue weighted by atomic mass is 10.2. The quantitative estimate of drug-likeness (QED) is 0.760. The molecule has 134 valence electrons. The maximum absolute atomic E-state index is 12.4. The number of nitrogens with zero attached hydrogens (tertiary/aromatic N) is 4. The fraction of sp³-hybridized carbons (Fsp3) is 0.263. The van der Waals surface area contributed by atoms with E-state index in [1.54, 1.807) is 24.7 Å². The van der Waals surface area contributed by atoms with E-state index in [4.69, 9.17) is 0 Å². The number of rotatable bonds is 5.